The van der Waals surface area contributed by atoms with E-state index >= 15 is 0 Å². The van der Waals surface area contributed by atoms with Gasteiger partial charge >= 0.3 is 0 Å². The first-order valence-corrected chi connectivity index (χ1v) is 5.87. The molecule has 1 aromatic carbocycles. The first-order valence-electron chi connectivity index (χ1n) is 5.49. The van der Waals surface area contributed by atoms with E-state index in [9.17, 15) is 13.2 Å². The summed E-state index contributed by atoms with van der Waals surface area (Å²) in [7, 11) is 0. The van der Waals surface area contributed by atoms with Gasteiger partial charge in [0, 0.05) is 12.8 Å². The molecule has 4 heteroatoms. The summed E-state index contributed by atoms with van der Waals surface area (Å²) in [5, 5.41) is 0.0531. The Hall–Kier alpha value is -0.960. The van der Waals surface area contributed by atoms with Crippen molar-refractivity contribution in [3.8, 4) is 0 Å². The van der Waals surface area contributed by atoms with Gasteiger partial charge in [0.1, 0.15) is 5.82 Å². The monoisotopic (exact) mass is 260 g/mol. The molecular formula is C13H12ClF3. The molecule has 2 rings (SSSR count). The second-order valence-corrected chi connectivity index (χ2v) is 4.68. The molecular weight excluding hydrogens is 249 g/mol. The number of hydrogen-bond acceptors (Lipinski definition) is 0. The zero-order valence-electron chi connectivity index (χ0n) is 9.15. The van der Waals surface area contributed by atoms with Crippen molar-refractivity contribution in [2.45, 2.75) is 31.6 Å². The molecule has 0 heterocycles. The van der Waals surface area contributed by atoms with E-state index in [-0.39, 0.29) is 17.9 Å². The van der Waals surface area contributed by atoms with E-state index in [0.717, 1.165) is 5.57 Å². The fourth-order valence-electron chi connectivity index (χ4n) is 1.93. The van der Waals surface area contributed by atoms with Crippen LogP contribution in [0.3, 0.4) is 0 Å². The van der Waals surface area contributed by atoms with Gasteiger partial charge in [-0.3, -0.25) is 0 Å². The highest BCUT2D eigenvalue weighted by Gasteiger charge is 2.32. The molecule has 0 nitrogen and oxygen atoms in total. The molecule has 0 amide bonds. The SMILES string of the molecule is Fc1cccc(C=C2CCC(F)(F)CC2)c1Cl. The highest BCUT2D eigenvalue weighted by Crippen LogP contribution is 2.37. The molecule has 92 valence electrons. The van der Waals surface area contributed by atoms with Crippen molar-refractivity contribution >= 4 is 17.7 Å². The maximum atomic E-state index is 13.2. The minimum absolute atomic E-state index is 0.0531. The minimum atomic E-state index is -2.55. The van der Waals surface area contributed by atoms with Crippen LogP contribution in [0.4, 0.5) is 13.2 Å². The van der Waals surface area contributed by atoms with Crippen LogP contribution < -0.4 is 0 Å². The summed E-state index contributed by atoms with van der Waals surface area (Å²) in [5.41, 5.74) is 1.47. The van der Waals surface area contributed by atoms with E-state index in [0.29, 0.717) is 18.4 Å². The standard InChI is InChI=1S/C13H12ClF3/c14-12-10(2-1-3-11(12)15)8-9-4-6-13(16,17)7-5-9/h1-3,8H,4-7H2. The first-order chi connectivity index (χ1) is 7.98. The van der Waals surface area contributed by atoms with Crippen LogP contribution in [0.15, 0.2) is 23.8 Å². The van der Waals surface area contributed by atoms with Crippen molar-refractivity contribution in [2.24, 2.45) is 0 Å². The average molecular weight is 261 g/mol. The molecule has 0 N–H and O–H groups in total. The molecule has 0 spiro atoms. The lowest BCUT2D eigenvalue weighted by Crippen LogP contribution is -2.20. The van der Waals surface area contributed by atoms with Gasteiger partial charge < -0.3 is 0 Å². The quantitative estimate of drug-likeness (QED) is 0.661. The lowest BCUT2D eigenvalue weighted by atomic mass is 9.90. The lowest BCUT2D eigenvalue weighted by Gasteiger charge is -2.23. The predicted molar refractivity (Wildman–Crippen MR) is 62.8 cm³/mol. The van der Waals surface area contributed by atoms with Crippen LogP contribution in [0.1, 0.15) is 31.2 Å². The van der Waals surface area contributed by atoms with Crippen molar-refractivity contribution < 1.29 is 13.2 Å². The largest absolute Gasteiger partial charge is 0.248 e. The van der Waals surface area contributed by atoms with Crippen LogP contribution in [-0.2, 0) is 0 Å². The normalized spacial score (nSPS) is 19.2. The number of alkyl halides is 2. The number of allylic oxidation sites excluding steroid dienone is 1. The van der Waals surface area contributed by atoms with Gasteiger partial charge in [-0.05, 0) is 24.5 Å². The van der Waals surface area contributed by atoms with Gasteiger partial charge in [0.05, 0.1) is 5.02 Å². The summed E-state index contributed by atoms with van der Waals surface area (Å²) >= 11 is 5.80. The van der Waals surface area contributed by atoms with Crippen molar-refractivity contribution in [1.29, 1.82) is 0 Å². The molecule has 0 unspecified atom stereocenters. The Kier molecular flexibility index (Phi) is 3.48. The van der Waals surface area contributed by atoms with Gasteiger partial charge in [-0.25, -0.2) is 13.2 Å². The Balaban J connectivity index is 2.18. The number of benzene rings is 1. The predicted octanol–water partition coefficient (Wildman–Crippen LogP) is 5.07. The van der Waals surface area contributed by atoms with E-state index in [1.807, 2.05) is 0 Å². The lowest BCUT2D eigenvalue weighted by molar-refractivity contribution is -0.0243. The topological polar surface area (TPSA) is 0 Å². The Labute approximate surface area is 103 Å². The van der Waals surface area contributed by atoms with Crippen LogP contribution in [0.5, 0.6) is 0 Å². The van der Waals surface area contributed by atoms with Crippen molar-refractivity contribution in [3.05, 3.63) is 40.2 Å². The maximum Gasteiger partial charge on any atom is 0.248 e. The third-order valence-corrected chi connectivity index (χ3v) is 3.36. The maximum absolute atomic E-state index is 13.2. The van der Waals surface area contributed by atoms with Gasteiger partial charge in [0.2, 0.25) is 5.92 Å². The van der Waals surface area contributed by atoms with E-state index in [1.54, 1.807) is 18.2 Å². The second-order valence-electron chi connectivity index (χ2n) is 4.30. The molecule has 0 atom stereocenters. The summed E-state index contributed by atoms with van der Waals surface area (Å²) in [4.78, 5) is 0. The molecule has 1 saturated carbocycles. The highest BCUT2D eigenvalue weighted by atomic mass is 35.5. The van der Waals surface area contributed by atoms with E-state index < -0.39 is 11.7 Å². The van der Waals surface area contributed by atoms with Gasteiger partial charge in [0.25, 0.3) is 0 Å². The Morgan fingerprint density at radius 3 is 2.47 bits per heavy atom. The Morgan fingerprint density at radius 1 is 1.18 bits per heavy atom. The molecule has 1 fully saturated rings. The molecule has 17 heavy (non-hydrogen) atoms. The molecule has 0 aromatic heterocycles. The van der Waals surface area contributed by atoms with Gasteiger partial charge in [-0.2, -0.15) is 0 Å². The van der Waals surface area contributed by atoms with E-state index in [2.05, 4.69) is 0 Å². The molecule has 0 radical (unpaired) electrons. The third kappa shape index (κ3) is 3.03. The zero-order valence-corrected chi connectivity index (χ0v) is 9.91. The fourth-order valence-corrected chi connectivity index (χ4v) is 2.11. The number of rotatable bonds is 1. The first kappa shape index (κ1) is 12.5. The second kappa shape index (κ2) is 4.73. The molecule has 1 aromatic rings. The van der Waals surface area contributed by atoms with Crippen LogP contribution in [0.2, 0.25) is 5.02 Å². The number of hydrogen-bond donors (Lipinski definition) is 0. The van der Waals surface area contributed by atoms with Crippen molar-refractivity contribution in [3.63, 3.8) is 0 Å². The van der Waals surface area contributed by atoms with Crippen LogP contribution >= 0.6 is 11.6 Å². The van der Waals surface area contributed by atoms with E-state index in [1.165, 1.54) is 6.07 Å². The molecule has 0 aliphatic heterocycles. The van der Waals surface area contributed by atoms with Gasteiger partial charge in [-0.1, -0.05) is 35.4 Å². The summed E-state index contributed by atoms with van der Waals surface area (Å²) in [5.74, 6) is -3.04. The van der Waals surface area contributed by atoms with Gasteiger partial charge in [0.15, 0.2) is 0 Å². The summed E-state index contributed by atoms with van der Waals surface area (Å²) in [6.45, 7) is 0. The Morgan fingerprint density at radius 2 is 1.82 bits per heavy atom. The molecule has 0 bridgehead atoms. The summed E-state index contributed by atoms with van der Waals surface area (Å²) < 4.78 is 39.1. The van der Waals surface area contributed by atoms with E-state index in [4.69, 9.17) is 11.6 Å². The Bertz CT molecular complexity index is 440. The third-order valence-electron chi connectivity index (χ3n) is 2.96. The highest BCUT2D eigenvalue weighted by molar-refractivity contribution is 6.32. The molecule has 0 saturated heterocycles. The van der Waals surface area contributed by atoms with Crippen LogP contribution in [0, 0.1) is 5.82 Å². The smallest absolute Gasteiger partial charge is 0.207 e. The van der Waals surface area contributed by atoms with Crippen molar-refractivity contribution in [2.75, 3.05) is 0 Å². The zero-order chi connectivity index (χ0) is 12.5. The average Bonchev–Trinajstić information content (AvgIpc) is 2.27. The summed E-state index contributed by atoms with van der Waals surface area (Å²) in [6.07, 6.45) is 2.15. The minimum Gasteiger partial charge on any atom is -0.207 e. The van der Waals surface area contributed by atoms with Crippen LogP contribution in [0.25, 0.3) is 6.08 Å². The molecule has 1 aliphatic carbocycles. The van der Waals surface area contributed by atoms with Crippen LogP contribution in [-0.4, -0.2) is 5.92 Å². The van der Waals surface area contributed by atoms with Gasteiger partial charge in [-0.15, -0.1) is 0 Å². The fraction of sp³-hybridized carbons (Fsp3) is 0.385. The summed E-state index contributed by atoms with van der Waals surface area (Å²) in [6, 6.07) is 4.52. The molecule has 1 aliphatic rings. The number of halogens is 4. The van der Waals surface area contributed by atoms with Crippen molar-refractivity contribution in [1.82, 2.24) is 0 Å².